The first-order valence-corrected chi connectivity index (χ1v) is 5.69. The largest absolute Gasteiger partial charge is 0.381 e. The summed E-state index contributed by atoms with van der Waals surface area (Å²) in [6.07, 6.45) is 1.76. The van der Waals surface area contributed by atoms with Gasteiger partial charge in [0.15, 0.2) is 0 Å². The molecule has 0 aromatic heterocycles. The van der Waals surface area contributed by atoms with E-state index in [2.05, 4.69) is 5.32 Å². The van der Waals surface area contributed by atoms with Crippen molar-refractivity contribution >= 4 is 5.78 Å². The molecule has 0 aromatic carbocycles. The smallest absolute Gasteiger partial charge is 0.143 e. The van der Waals surface area contributed by atoms with Gasteiger partial charge in [-0.2, -0.15) is 0 Å². The minimum atomic E-state index is 0.0538. The average Bonchev–Trinajstić information content (AvgIpc) is 2.77. The van der Waals surface area contributed by atoms with E-state index >= 15 is 0 Å². The van der Waals surface area contributed by atoms with Crippen LogP contribution in [0.1, 0.15) is 12.8 Å². The van der Waals surface area contributed by atoms with Crippen LogP contribution in [0.25, 0.3) is 0 Å². The van der Waals surface area contributed by atoms with E-state index in [1.54, 1.807) is 0 Å². The number of carbonyl (C=O) groups excluding carboxylic acids is 1. The first kappa shape index (κ1) is 11.0. The van der Waals surface area contributed by atoms with Crippen molar-refractivity contribution in [2.45, 2.75) is 18.9 Å². The van der Waals surface area contributed by atoms with E-state index in [4.69, 9.17) is 9.47 Å². The maximum Gasteiger partial charge on any atom is 0.143 e. The Morgan fingerprint density at radius 1 is 1.20 bits per heavy atom. The summed E-state index contributed by atoms with van der Waals surface area (Å²) in [5, 5.41) is 3.16. The van der Waals surface area contributed by atoms with Crippen LogP contribution in [0.4, 0.5) is 0 Å². The molecule has 1 N–H and O–H groups in total. The summed E-state index contributed by atoms with van der Waals surface area (Å²) in [6, 6.07) is 0.209. The second-order valence-corrected chi connectivity index (χ2v) is 4.33. The molecule has 2 aliphatic rings. The van der Waals surface area contributed by atoms with Gasteiger partial charge in [0, 0.05) is 25.2 Å². The van der Waals surface area contributed by atoms with Crippen LogP contribution in [-0.2, 0) is 14.3 Å². The molecular weight excluding hydrogens is 194 g/mol. The number of carbonyl (C=O) groups is 1. The summed E-state index contributed by atoms with van der Waals surface area (Å²) >= 11 is 0. The molecule has 2 heterocycles. The first-order valence-electron chi connectivity index (χ1n) is 5.69. The number of likely N-dealkylation sites (N-methyl/N-ethyl adjacent to an activating group) is 1. The molecule has 2 unspecified atom stereocenters. The van der Waals surface area contributed by atoms with Crippen molar-refractivity contribution in [1.29, 1.82) is 0 Å². The highest BCUT2D eigenvalue weighted by atomic mass is 16.5. The monoisotopic (exact) mass is 213 g/mol. The third-order valence-corrected chi connectivity index (χ3v) is 3.44. The molecule has 2 atom stereocenters. The van der Waals surface area contributed by atoms with E-state index in [0.29, 0.717) is 19.0 Å². The first-order chi connectivity index (χ1) is 7.33. The number of Topliss-reactive ketones (excluding diaryl/α,β-unsaturated/α-hetero) is 1. The third-order valence-electron chi connectivity index (χ3n) is 3.44. The molecule has 4 nitrogen and oxygen atoms in total. The molecule has 2 saturated heterocycles. The van der Waals surface area contributed by atoms with Crippen molar-refractivity contribution in [2.24, 2.45) is 11.8 Å². The number of ketones is 1. The highest BCUT2D eigenvalue weighted by Crippen LogP contribution is 2.24. The van der Waals surface area contributed by atoms with Gasteiger partial charge in [-0.15, -0.1) is 0 Å². The molecule has 0 bridgehead atoms. The Balaban J connectivity index is 1.93. The standard InChI is InChI=1S/C11H19NO3/c1-12-10-7-15-6-9(10)11(13)8-2-4-14-5-3-8/h8-10,12H,2-7H2,1H3. The molecule has 0 aliphatic carbocycles. The van der Waals surface area contributed by atoms with Gasteiger partial charge in [0.1, 0.15) is 5.78 Å². The van der Waals surface area contributed by atoms with Crippen LogP contribution in [0, 0.1) is 11.8 Å². The van der Waals surface area contributed by atoms with Crippen LogP contribution < -0.4 is 5.32 Å². The van der Waals surface area contributed by atoms with Crippen LogP contribution in [0.5, 0.6) is 0 Å². The fourth-order valence-corrected chi connectivity index (χ4v) is 2.40. The zero-order valence-electron chi connectivity index (χ0n) is 9.20. The molecule has 0 saturated carbocycles. The predicted octanol–water partition coefficient (Wildman–Crippen LogP) is 0.216. The van der Waals surface area contributed by atoms with Crippen molar-refractivity contribution in [3.63, 3.8) is 0 Å². The lowest BCUT2D eigenvalue weighted by Crippen LogP contribution is -2.40. The Kier molecular flexibility index (Phi) is 3.72. The fraction of sp³-hybridized carbons (Fsp3) is 0.909. The fourth-order valence-electron chi connectivity index (χ4n) is 2.40. The summed E-state index contributed by atoms with van der Waals surface area (Å²) in [6.45, 7) is 2.71. The molecule has 4 heteroatoms. The molecular formula is C11H19NO3. The zero-order valence-corrected chi connectivity index (χ0v) is 9.20. The topological polar surface area (TPSA) is 47.6 Å². The lowest BCUT2D eigenvalue weighted by molar-refractivity contribution is -0.130. The van der Waals surface area contributed by atoms with Crippen LogP contribution in [-0.4, -0.2) is 45.3 Å². The highest BCUT2D eigenvalue weighted by Gasteiger charge is 2.36. The molecule has 15 heavy (non-hydrogen) atoms. The second kappa shape index (κ2) is 5.05. The Bertz CT molecular complexity index is 226. The zero-order chi connectivity index (χ0) is 10.7. The summed E-state index contributed by atoms with van der Waals surface area (Å²) in [4.78, 5) is 12.2. The summed E-state index contributed by atoms with van der Waals surface area (Å²) in [5.41, 5.74) is 0. The minimum absolute atomic E-state index is 0.0538. The Morgan fingerprint density at radius 3 is 2.60 bits per heavy atom. The van der Waals surface area contributed by atoms with Crippen LogP contribution >= 0.6 is 0 Å². The minimum Gasteiger partial charge on any atom is -0.381 e. The molecule has 2 fully saturated rings. The van der Waals surface area contributed by atoms with Crippen LogP contribution in [0.2, 0.25) is 0 Å². The van der Waals surface area contributed by atoms with Gasteiger partial charge in [-0.25, -0.2) is 0 Å². The number of hydrogen-bond acceptors (Lipinski definition) is 4. The van der Waals surface area contributed by atoms with Crippen molar-refractivity contribution in [3.05, 3.63) is 0 Å². The molecule has 2 aliphatic heterocycles. The van der Waals surface area contributed by atoms with E-state index in [9.17, 15) is 4.79 Å². The van der Waals surface area contributed by atoms with E-state index in [0.717, 1.165) is 26.1 Å². The van der Waals surface area contributed by atoms with Gasteiger partial charge in [0.05, 0.1) is 19.1 Å². The van der Waals surface area contributed by atoms with Gasteiger partial charge >= 0.3 is 0 Å². The Labute approximate surface area is 90.3 Å². The van der Waals surface area contributed by atoms with Crippen molar-refractivity contribution in [2.75, 3.05) is 33.5 Å². The normalized spacial score (nSPS) is 33.1. The molecule has 2 rings (SSSR count). The lowest BCUT2D eigenvalue weighted by Gasteiger charge is -2.25. The summed E-state index contributed by atoms with van der Waals surface area (Å²) in [5.74, 6) is 0.620. The summed E-state index contributed by atoms with van der Waals surface area (Å²) < 4.78 is 10.6. The van der Waals surface area contributed by atoms with Gasteiger partial charge in [-0.05, 0) is 19.9 Å². The number of hydrogen-bond donors (Lipinski definition) is 1. The molecule has 0 radical (unpaired) electrons. The van der Waals surface area contributed by atoms with Gasteiger partial charge in [0.2, 0.25) is 0 Å². The quantitative estimate of drug-likeness (QED) is 0.728. The van der Waals surface area contributed by atoms with Crippen molar-refractivity contribution in [3.8, 4) is 0 Å². The van der Waals surface area contributed by atoms with Crippen LogP contribution in [0.3, 0.4) is 0 Å². The van der Waals surface area contributed by atoms with Gasteiger partial charge in [-0.1, -0.05) is 0 Å². The molecule has 86 valence electrons. The van der Waals surface area contributed by atoms with Gasteiger partial charge in [-0.3, -0.25) is 4.79 Å². The number of rotatable bonds is 3. The highest BCUT2D eigenvalue weighted by molar-refractivity contribution is 5.84. The number of nitrogens with one attached hydrogen (secondary N) is 1. The molecule has 0 spiro atoms. The van der Waals surface area contributed by atoms with E-state index in [1.165, 1.54) is 0 Å². The Hall–Kier alpha value is -0.450. The molecule has 0 aromatic rings. The van der Waals surface area contributed by atoms with Crippen molar-refractivity contribution < 1.29 is 14.3 Å². The summed E-state index contributed by atoms with van der Waals surface area (Å²) in [7, 11) is 1.89. The molecule has 0 amide bonds. The van der Waals surface area contributed by atoms with E-state index in [1.807, 2.05) is 7.05 Å². The van der Waals surface area contributed by atoms with Gasteiger partial charge < -0.3 is 14.8 Å². The van der Waals surface area contributed by atoms with E-state index in [-0.39, 0.29) is 17.9 Å². The van der Waals surface area contributed by atoms with Gasteiger partial charge in [0.25, 0.3) is 0 Å². The third kappa shape index (κ3) is 2.38. The van der Waals surface area contributed by atoms with E-state index < -0.39 is 0 Å². The maximum absolute atomic E-state index is 12.2. The SMILES string of the molecule is CNC1COCC1C(=O)C1CCOCC1. The second-order valence-electron chi connectivity index (χ2n) is 4.33. The Morgan fingerprint density at radius 2 is 1.93 bits per heavy atom. The van der Waals surface area contributed by atoms with Crippen LogP contribution in [0.15, 0.2) is 0 Å². The maximum atomic E-state index is 12.2. The predicted molar refractivity (Wildman–Crippen MR) is 55.7 cm³/mol. The van der Waals surface area contributed by atoms with Crippen molar-refractivity contribution in [1.82, 2.24) is 5.32 Å². The lowest BCUT2D eigenvalue weighted by atomic mass is 9.85. The number of ether oxygens (including phenoxy) is 2. The average molecular weight is 213 g/mol.